The lowest BCUT2D eigenvalue weighted by Gasteiger charge is -2.25. The molecule has 0 amide bonds. The summed E-state index contributed by atoms with van der Waals surface area (Å²) in [5.74, 6) is -1.06. The van der Waals surface area contributed by atoms with E-state index in [2.05, 4.69) is 4.74 Å². The van der Waals surface area contributed by atoms with E-state index in [-0.39, 0.29) is 11.8 Å². The molecule has 2 unspecified atom stereocenters. The summed E-state index contributed by atoms with van der Waals surface area (Å²) in [6, 6.07) is 0. The Morgan fingerprint density at radius 2 is 2.00 bits per heavy atom. The van der Waals surface area contributed by atoms with Gasteiger partial charge in [0, 0.05) is 5.92 Å². The van der Waals surface area contributed by atoms with Gasteiger partial charge in [-0.1, -0.05) is 24.3 Å². The monoisotopic (exact) mass is 164 g/mol. The van der Waals surface area contributed by atoms with Crippen molar-refractivity contribution in [2.75, 3.05) is 0 Å². The SMILES string of the molecule is O=C1CC2C=CC=CC2C(=O)O1. The number of rotatable bonds is 0. The van der Waals surface area contributed by atoms with E-state index in [9.17, 15) is 9.59 Å². The van der Waals surface area contributed by atoms with Gasteiger partial charge in [0.15, 0.2) is 0 Å². The van der Waals surface area contributed by atoms with Crippen LogP contribution in [0, 0.1) is 11.8 Å². The molecule has 2 rings (SSSR count). The number of carbonyl (C=O) groups excluding carboxylic acids is 2. The zero-order valence-corrected chi connectivity index (χ0v) is 6.40. The Morgan fingerprint density at radius 1 is 1.25 bits per heavy atom. The van der Waals surface area contributed by atoms with E-state index < -0.39 is 11.9 Å². The Kier molecular flexibility index (Phi) is 1.57. The van der Waals surface area contributed by atoms with Crippen LogP contribution in [0.4, 0.5) is 0 Å². The highest BCUT2D eigenvalue weighted by atomic mass is 16.6. The topological polar surface area (TPSA) is 43.4 Å². The van der Waals surface area contributed by atoms with Gasteiger partial charge in [-0.2, -0.15) is 0 Å². The molecule has 0 N–H and O–H groups in total. The van der Waals surface area contributed by atoms with Gasteiger partial charge >= 0.3 is 11.9 Å². The number of fused-ring (bicyclic) bond motifs is 1. The molecule has 0 spiro atoms. The van der Waals surface area contributed by atoms with Gasteiger partial charge in [-0.15, -0.1) is 0 Å². The second-order valence-electron chi connectivity index (χ2n) is 2.96. The van der Waals surface area contributed by atoms with E-state index in [0.717, 1.165) is 0 Å². The van der Waals surface area contributed by atoms with Crippen LogP contribution in [0.15, 0.2) is 24.3 Å². The lowest BCUT2D eigenvalue weighted by atomic mass is 9.84. The number of hydrogen-bond donors (Lipinski definition) is 0. The molecule has 1 saturated heterocycles. The second-order valence-corrected chi connectivity index (χ2v) is 2.96. The quantitative estimate of drug-likeness (QED) is 0.393. The molecule has 62 valence electrons. The second kappa shape index (κ2) is 2.59. The van der Waals surface area contributed by atoms with Crippen LogP contribution in [0.1, 0.15) is 6.42 Å². The Labute approximate surface area is 69.7 Å². The van der Waals surface area contributed by atoms with Crippen LogP contribution < -0.4 is 0 Å². The predicted molar refractivity (Wildman–Crippen MR) is 41.0 cm³/mol. The number of ether oxygens (including phenoxy) is 1. The maximum atomic E-state index is 11.1. The summed E-state index contributed by atoms with van der Waals surface area (Å²) < 4.78 is 4.49. The van der Waals surface area contributed by atoms with Gasteiger partial charge < -0.3 is 4.74 Å². The summed E-state index contributed by atoms with van der Waals surface area (Å²) in [7, 11) is 0. The van der Waals surface area contributed by atoms with Crippen LogP contribution in [0.5, 0.6) is 0 Å². The van der Waals surface area contributed by atoms with Crippen molar-refractivity contribution in [2.45, 2.75) is 6.42 Å². The van der Waals surface area contributed by atoms with Crippen molar-refractivity contribution in [1.82, 2.24) is 0 Å². The fraction of sp³-hybridized carbons (Fsp3) is 0.333. The van der Waals surface area contributed by atoms with Crippen LogP contribution in [0.3, 0.4) is 0 Å². The predicted octanol–water partition coefficient (Wildman–Crippen LogP) is 0.818. The van der Waals surface area contributed by atoms with E-state index in [1.807, 2.05) is 12.2 Å². The van der Waals surface area contributed by atoms with Gasteiger partial charge in [-0.05, 0) is 0 Å². The highest BCUT2D eigenvalue weighted by Crippen LogP contribution is 2.28. The van der Waals surface area contributed by atoms with Crippen LogP contribution in [0.2, 0.25) is 0 Å². The number of carbonyl (C=O) groups is 2. The van der Waals surface area contributed by atoms with Crippen LogP contribution in [-0.2, 0) is 14.3 Å². The summed E-state index contributed by atoms with van der Waals surface area (Å²) in [6.45, 7) is 0. The van der Waals surface area contributed by atoms with Gasteiger partial charge in [0.05, 0.1) is 12.3 Å². The molecule has 0 saturated carbocycles. The van der Waals surface area contributed by atoms with Crippen molar-refractivity contribution < 1.29 is 14.3 Å². The normalized spacial score (nSPS) is 33.0. The van der Waals surface area contributed by atoms with Crippen LogP contribution >= 0.6 is 0 Å². The largest absolute Gasteiger partial charge is 0.393 e. The smallest absolute Gasteiger partial charge is 0.321 e. The van der Waals surface area contributed by atoms with E-state index in [0.29, 0.717) is 6.42 Å². The Bertz CT molecular complexity index is 288. The highest BCUT2D eigenvalue weighted by molar-refractivity contribution is 5.91. The summed E-state index contributed by atoms with van der Waals surface area (Å²) in [6.07, 6.45) is 7.63. The van der Waals surface area contributed by atoms with E-state index in [1.165, 1.54) is 0 Å². The molecule has 12 heavy (non-hydrogen) atoms. The average Bonchev–Trinajstić information content (AvgIpc) is 2.04. The molecule has 3 nitrogen and oxygen atoms in total. The first-order chi connectivity index (χ1) is 5.77. The van der Waals surface area contributed by atoms with Crippen molar-refractivity contribution in [3.8, 4) is 0 Å². The molecule has 0 aromatic carbocycles. The maximum Gasteiger partial charge on any atom is 0.321 e. The van der Waals surface area contributed by atoms with E-state index in [4.69, 9.17) is 0 Å². The first-order valence-electron chi connectivity index (χ1n) is 3.87. The fourth-order valence-corrected chi connectivity index (χ4v) is 1.52. The van der Waals surface area contributed by atoms with Gasteiger partial charge in [0.2, 0.25) is 0 Å². The number of esters is 2. The van der Waals surface area contributed by atoms with Gasteiger partial charge in [-0.25, -0.2) is 0 Å². The van der Waals surface area contributed by atoms with Crippen molar-refractivity contribution in [1.29, 1.82) is 0 Å². The molecular weight excluding hydrogens is 156 g/mol. The van der Waals surface area contributed by atoms with Crippen molar-refractivity contribution in [2.24, 2.45) is 11.8 Å². The molecule has 1 aliphatic carbocycles. The highest BCUT2D eigenvalue weighted by Gasteiger charge is 2.35. The van der Waals surface area contributed by atoms with E-state index >= 15 is 0 Å². The number of hydrogen-bond acceptors (Lipinski definition) is 3. The third-order valence-corrected chi connectivity index (χ3v) is 2.14. The van der Waals surface area contributed by atoms with Gasteiger partial charge in [0.25, 0.3) is 0 Å². The summed E-state index contributed by atoms with van der Waals surface area (Å²) in [5.41, 5.74) is 0. The molecular formula is C9H8O3. The third-order valence-electron chi connectivity index (χ3n) is 2.14. The lowest BCUT2D eigenvalue weighted by molar-refractivity contribution is -0.167. The molecule has 3 heteroatoms. The van der Waals surface area contributed by atoms with E-state index in [1.54, 1.807) is 12.2 Å². The number of allylic oxidation sites excluding steroid dienone is 3. The minimum Gasteiger partial charge on any atom is -0.393 e. The van der Waals surface area contributed by atoms with Crippen molar-refractivity contribution >= 4 is 11.9 Å². The first kappa shape index (κ1) is 7.28. The molecule has 0 aromatic rings. The standard InChI is InChI=1S/C9H8O3/c10-8-5-6-3-1-2-4-7(6)9(11)12-8/h1-4,6-7H,5H2. The van der Waals surface area contributed by atoms with Crippen LogP contribution in [0.25, 0.3) is 0 Å². The molecule has 1 fully saturated rings. The Morgan fingerprint density at radius 3 is 2.83 bits per heavy atom. The third kappa shape index (κ3) is 1.07. The lowest BCUT2D eigenvalue weighted by Crippen LogP contribution is -2.34. The fourth-order valence-electron chi connectivity index (χ4n) is 1.52. The summed E-state index contributed by atoms with van der Waals surface area (Å²) >= 11 is 0. The van der Waals surface area contributed by atoms with Crippen molar-refractivity contribution in [3.05, 3.63) is 24.3 Å². The summed E-state index contributed by atoms with van der Waals surface area (Å²) in [4.78, 5) is 21.9. The van der Waals surface area contributed by atoms with Gasteiger partial charge in [0.1, 0.15) is 0 Å². The Balaban J connectivity index is 2.25. The molecule has 1 heterocycles. The molecule has 1 aliphatic heterocycles. The van der Waals surface area contributed by atoms with Crippen LogP contribution in [-0.4, -0.2) is 11.9 Å². The first-order valence-corrected chi connectivity index (χ1v) is 3.87. The Hall–Kier alpha value is -1.38. The van der Waals surface area contributed by atoms with Gasteiger partial charge in [-0.3, -0.25) is 9.59 Å². The molecule has 0 aromatic heterocycles. The maximum absolute atomic E-state index is 11.1. The summed E-state index contributed by atoms with van der Waals surface area (Å²) in [5, 5.41) is 0. The molecule has 2 atom stereocenters. The number of cyclic esters (lactones) is 2. The zero-order valence-electron chi connectivity index (χ0n) is 6.40. The molecule has 0 bridgehead atoms. The van der Waals surface area contributed by atoms with Crippen molar-refractivity contribution in [3.63, 3.8) is 0 Å². The minimum atomic E-state index is -0.420. The molecule has 0 radical (unpaired) electrons. The molecule has 2 aliphatic rings. The zero-order chi connectivity index (χ0) is 8.55. The average molecular weight is 164 g/mol. The minimum absolute atomic E-state index is 0.0174.